The van der Waals surface area contributed by atoms with Crippen LogP contribution in [0.2, 0.25) is 0 Å². The van der Waals surface area contributed by atoms with E-state index in [-0.39, 0.29) is 16.8 Å². The summed E-state index contributed by atoms with van der Waals surface area (Å²) in [5.74, 6) is -0.198. The van der Waals surface area contributed by atoms with Crippen molar-refractivity contribution in [1.82, 2.24) is 9.66 Å². The van der Waals surface area contributed by atoms with Gasteiger partial charge in [-0.15, -0.1) is 11.3 Å². The average molecular weight is 344 g/mol. The molecule has 1 N–H and O–H groups in total. The molecule has 3 aromatic rings. The molecule has 8 nitrogen and oxygen atoms in total. The minimum Gasteiger partial charge on any atom is -0.267 e. The van der Waals surface area contributed by atoms with Crippen molar-refractivity contribution in [3.63, 3.8) is 0 Å². The number of carbonyl (C=O) groups excluding carboxylic acids is 1. The van der Waals surface area contributed by atoms with Gasteiger partial charge in [0, 0.05) is 17.2 Å². The monoisotopic (exact) mass is 344 g/mol. The van der Waals surface area contributed by atoms with Gasteiger partial charge in [0.25, 0.3) is 17.2 Å². The van der Waals surface area contributed by atoms with E-state index in [1.165, 1.54) is 29.5 Å². The first-order chi connectivity index (χ1) is 11.4. The molecule has 0 spiro atoms. The zero-order valence-electron chi connectivity index (χ0n) is 12.8. The van der Waals surface area contributed by atoms with Gasteiger partial charge in [-0.1, -0.05) is 0 Å². The predicted molar refractivity (Wildman–Crippen MR) is 90.1 cm³/mol. The highest BCUT2D eigenvalue weighted by Gasteiger charge is 2.16. The van der Waals surface area contributed by atoms with E-state index < -0.39 is 10.8 Å². The van der Waals surface area contributed by atoms with Crippen molar-refractivity contribution in [2.24, 2.45) is 0 Å². The van der Waals surface area contributed by atoms with Crippen LogP contribution in [0.5, 0.6) is 0 Å². The van der Waals surface area contributed by atoms with Gasteiger partial charge in [-0.05, 0) is 37.4 Å². The zero-order chi connectivity index (χ0) is 17.4. The van der Waals surface area contributed by atoms with Crippen molar-refractivity contribution in [1.29, 1.82) is 0 Å². The van der Waals surface area contributed by atoms with E-state index in [0.29, 0.717) is 21.6 Å². The smallest absolute Gasteiger partial charge is 0.267 e. The number of nitrogens with one attached hydrogen (secondary N) is 1. The quantitative estimate of drug-likeness (QED) is 0.580. The van der Waals surface area contributed by atoms with Crippen LogP contribution in [0.3, 0.4) is 0 Å². The van der Waals surface area contributed by atoms with Crippen LogP contribution in [0.1, 0.15) is 21.7 Å². The maximum atomic E-state index is 12.4. The largest absolute Gasteiger partial charge is 0.281 e. The first kappa shape index (κ1) is 15.8. The molecule has 1 amide bonds. The highest BCUT2D eigenvalue weighted by atomic mass is 32.1. The molecule has 0 saturated heterocycles. The summed E-state index contributed by atoms with van der Waals surface area (Å²) in [6.45, 7) is 3.16. The van der Waals surface area contributed by atoms with E-state index in [2.05, 4.69) is 10.4 Å². The molecule has 0 unspecified atom stereocenters. The zero-order valence-corrected chi connectivity index (χ0v) is 13.6. The minimum absolute atomic E-state index is 0.0683. The molecule has 2 heterocycles. The molecule has 0 aliphatic rings. The number of carbonyl (C=O) groups is 1. The van der Waals surface area contributed by atoms with Gasteiger partial charge in [0.2, 0.25) is 0 Å². The molecule has 1 aromatic carbocycles. The number of nitro groups is 1. The Balaban J connectivity index is 1.97. The fraction of sp³-hybridized carbons (Fsp3) is 0.133. The topological polar surface area (TPSA) is 107 Å². The molecule has 24 heavy (non-hydrogen) atoms. The second-order valence-electron chi connectivity index (χ2n) is 5.14. The van der Waals surface area contributed by atoms with E-state index in [1.807, 2.05) is 0 Å². The summed E-state index contributed by atoms with van der Waals surface area (Å²) < 4.78 is 1.08. The van der Waals surface area contributed by atoms with E-state index in [4.69, 9.17) is 0 Å². The van der Waals surface area contributed by atoms with Gasteiger partial charge in [0.05, 0.1) is 10.3 Å². The van der Waals surface area contributed by atoms with E-state index in [9.17, 15) is 19.7 Å². The Morgan fingerprint density at radius 2 is 2.08 bits per heavy atom. The summed E-state index contributed by atoms with van der Waals surface area (Å²) in [5.41, 5.74) is 2.63. The van der Waals surface area contributed by atoms with Gasteiger partial charge in [0.15, 0.2) is 0 Å². The first-order valence-electron chi connectivity index (χ1n) is 6.91. The molecule has 3 rings (SSSR count). The Hall–Kier alpha value is -3.07. The predicted octanol–water partition coefficient (Wildman–Crippen LogP) is 2.37. The van der Waals surface area contributed by atoms with Crippen LogP contribution in [0.25, 0.3) is 10.2 Å². The number of hydrogen-bond acceptors (Lipinski definition) is 6. The summed E-state index contributed by atoms with van der Waals surface area (Å²) in [6.07, 6.45) is 0. The van der Waals surface area contributed by atoms with Crippen LogP contribution in [0.15, 0.2) is 34.4 Å². The molecule has 0 aliphatic heterocycles. The minimum atomic E-state index is -0.547. The van der Waals surface area contributed by atoms with Crippen LogP contribution in [0, 0.1) is 24.0 Å². The first-order valence-corrected chi connectivity index (χ1v) is 7.79. The van der Waals surface area contributed by atoms with E-state index >= 15 is 0 Å². The summed E-state index contributed by atoms with van der Waals surface area (Å²) in [4.78, 5) is 40.0. The molecule has 0 fully saturated rings. The molecular weight excluding hydrogens is 332 g/mol. The number of rotatable bonds is 3. The highest BCUT2D eigenvalue weighted by Crippen LogP contribution is 2.19. The van der Waals surface area contributed by atoms with Crippen molar-refractivity contribution in [3.8, 4) is 0 Å². The number of aromatic nitrogens is 2. The fourth-order valence-corrected chi connectivity index (χ4v) is 3.11. The Morgan fingerprint density at radius 1 is 1.33 bits per heavy atom. The number of aryl methyl sites for hydroxylation is 2. The van der Waals surface area contributed by atoms with Crippen molar-refractivity contribution < 1.29 is 9.72 Å². The van der Waals surface area contributed by atoms with Crippen LogP contribution >= 0.6 is 11.3 Å². The van der Waals surface area contributed by atoms with Crippen LogP contribution in [-0.4, -0.2) is 20.5 Å². The fourth-order valence-electron chi connectivity index (χ4n) is 2.31. The van der Waals surface area contributed by atoms with Gasteiger partial charge in [-0.2, -0.15) is 0 Å². The maximum Gasteiger partial charge on any atom is 0.281 e. The maximum absolute atomic E-state index is 12.4. The van der Waals surface area contributed by atoms with E-state index in [1.54, 1.807) is 25.3 Å². The summed E-state index contributed by atoms with van der Waals surface area (Å²) in [6, 6.07) is 5.66. The Labute approximate surface area is 139 Å². The molecule has 122 valence electrons. The molecular formula is C15H12N4O4S. The Bertz CT molecular complexity index is 1040. The molecule has 0 radical (unpaired) electrons. The van der Waals surface area contributed by atoms with Crippen LogP contribution in [0.4, 0.5) is 5.69 Å². The standard InChI is InChI=1S/C15H12N4O4S/c1-8-7-10(3-4-12(8)19(22)23)13(20)17-18-9(2)16-14-11(15(18)21)5-6-24-14/h3-7H,1-2H3,(H,17,20). The van der Waals surface area contributed by atoms with Crippen molar-refractivity contribution in [2.45, 2.75) is 13.8 Å². The SMILES string of the molecule is Cc1cc(C(=O)Nn2c(C)nc3sccc3c2=O)ccc1[N+](=O)[O-]. The van der Waals surface area contributed by atoms with E-state index in [0.717, 1.165) is 4.68 Å². The third kappa shape index (κ3) is 2.65. The van der Waals surface area contributed by atoms with Crippen LogP contribution in [-0.2, 0) is 0 Å². The third-order valence-electron chi connectivity index (χ3n) is 3.53. The molecule has 0 aliphatic carbocycles. The number of benzene rings is 1. The molecule has 0 saturated carbocycles. The van der Waals surface area contributed by atoms with Gasteiger partial charge >= 0.3 is 0 Å². The Morgan fingerprint density at radius 3 is 2.75 bits per heavy atom. The average Bonchev–Trinajstić information content (AvgIpc) is 2.99. The lowest BCUT2D eigenvalue weighted by Crippen LogP contribution is -2.35. The lowest BCUT2D eigenvalue weighted by molar-refractivity contribution is -0.385. The lowest BCUT2D eigenvalue weighted by Gasteiger charge is -2.11. The van der Waals surface area contributed by atoms with Crippen molar-refractivity contribution in [2.75, 3.05) is 5.43 Å². The van der Waals surface area contributed by atoms with Crippen molar-refractivity contribution >= 4 is 33.1 Å². The molecule has 0 bridgehead atoms. The second-order valence-corrected chi connectivity index (χ2v) is 6.03. The lowest BCUT2D eigenvalue weighted by atomic mass is 10.1. The van der Waals surface area contributed by atoms with Gasteiger partial charge in [0.1, 0.15) is 10.7 Å². The normalized spacial score (nSPS) is 10.8. The molecule has 0 atom stereocenters. The van der Waals surface area contributed by atoms with Crippen molar-refractivity contribution in [3.05, 3.63) is 67.1 Å². The third-order valence-corrected chi connectivity index (χ3v) is 4.34. The Kier molecular flexibility index (Phi) is 3.86. The van der Waals surface area contributed by atoms with Crippen LogP contribution < -0.4 is 11.0 Å². The number of fused-ring (bicyclic) bond motifs is 1. The number of thiophene rings is 1. The highest BCUT2D eigenvalue weighted by molar-refractivity contribution is 7.16. The van der Waals surface area contributed by atoms with Gasteiger partial charge < -0.3 is 0 Å². The number of nitro benzene ring substituents is 1. The number of hydrogen-bond donors (Lipinski definition) is 1. The summed E-state index contributed by atoms with van der Waals surface area (Å²) in [5, 5.41) is 13.0. The van der Waals surface area contributed by atoms with Gasteiger partial charge in [-0.25, -0.2) is 9.66 Å². The second kappa shape index (κ2) is 5.85. The molecule has 9 heteroatoms. The summed E-state index contributed by atoms with van der Waals surface area (Å²) in [7, 11) is 0. The summed E-state index contributed by atoms with van der Waals surface area (Å²) >= 11 is 1.34. The number of amides is 1. The molecule has 2 aromatic heterocycles. The number of nitrogens with zero attached hydrogens (tertiary/aromatic N) is 3. The van der Waals surface area contributed by atoms with Gasteiger partial charge in [-0.3, -0.25) is 25.1 Å².